The Hall–Kier alpha value is -3.61. The third kappa shape index (κ3) is 9.69. The summed E-state index contributed by atoms with van der Waals surface area (Å²) < 4.78 is 5.46. The highest BCUT2D eigenvalue weighted by molar-refractivity contribution is 5.92. The Morgan fingerprint density at radius 1 is 1.03 bits per heavy atom. The van der Waals surface area contributed by atoms with E-state index in [0.717, 1.165) is 30.4 Å². The molecule has 0 spiro atoms. The van der Waals surface area contributed by atoms with E-state index in [0.29, 0.717) is 12.1 Å². The van der Waals surface area contributed by atoms with Crippen LogP contribution in [0, 0.1) is 0 Å². The highest BCUT2D eigenvalue weighted by Gasteiger charge is 2.35. The number of likely N-dealkylation sites (N-methyl/N-ethyl adjacent to an activating group) is 1. The topological polar surface area (TPSA) is 87.7 Å². The third-order valence-corrected chi connectivity index (χ3v) is 6.00. The monoisotopic (exact) mass is 521 g/mol. The van der Waals surface area contributed by atoms with Crippen LogP contribution in [0.4, 0.5) is 4.79 Å². The van der Waals surface area contributed by atoms with Gasteiger partial charge in [-0.15, -0.1) is 0 Å². The lowest BCUT2D eigenvalue weighted by Crippen LogP contribution is -2.53. The van der Waals surface area contributed by atoms with Gasteiger partial charge >= 0.3 is 6.09 Å². The number of alkyl carbamates (subject to hydrolysis) is 1. The molecule has 2 unspecified atom stereocenters. The molecule has 2 aromatic rings. The number of hydrogen-bond donors (Lipinski definition) is 2. The number of benzene rings is 2. The van der Waals surface area contributed by atoms with Gasteiger partial charge in [-0.3, -0.25) is 9.59 Å². The standard InChI is InChI=1S/C31H43N3O4/c1-7-10-14-20-32-28(35)27(25-19-15-18-23(8-2)21-25)34(9-3)29(36)26(22-24-16-12-11-13-17-24)33-30(37)38-31(4,5)6/h8,11-13,15-19,21,26-27H,2,7,9-10,14,20,22H2,1,3-6H3,(H,32,35)(H,33,37). The van der Waals surface area contributed by atoms with E-state index in [1.165, 1.54) is 4.90 Å². The smallest absolute Gasteiger partial charge is 0.408 e. The highest BCUT2D eigenvalue weighted by atomic mass is 16.6. The molecule has 0 bridgehead atoms. The molecule has 0 aliphatic carbocycles. The Bertz CT molecular complexity index is 1060. The van der Waals surface area contributed by atoms with Crippen molar-refractivity contribution in [1.82, 2.24) is 15.5 Å². The molecule has 7 nitrogen and oxygen atoms in total. The molecule has 206 valence electrons. The van der Waals surface area contributed by atoms with Crippen molar-refractivity contribution in [3.63, 3.8) is 0 Å². The first-order chi connectivity index (χ1) is 18.1. The summed E-state index contributed by atoms with van der Waals surface area (Å²) in [6, 6.07) is 15.1. The zero-order chi connectivity index (χ0) is 28.1. The molecule has 0 fully saturated rings. The molecule has 0 heterocycles. The van der Waals surface area contributed by atoms with E-state index in [2.05, 4.69) is 24.1 Å². The van der Waals surface area contributed by atoms with E-state index >= 15 is 0 Å². The number of hydrogen-bond acceptors (Lipinski definition) is 4. The number of ether oxygens (including phenoxy) is 1. The second-order valence-electron chi connectivity index (χ2n) is 10.3. The van der Waals surface area contributed by atoms with Gasteiger partial charge in [0.25, 0.3) is 0 Å². The minimum atomic E-state index is -0.926. The van der Waals surface area contributed by atoms with Crippen LogP contribution in [0.1, 0.15) is 76.6 Å². The molecule has 0 saturated carbocycles. The van der Waals surface area contributed by atoms with Gasteiger partial charge in [-0.05, 0) is 56.9 Å². The van der Waals surface area contributed by atoms with Gasteiger partial charge in [-0.25, -0.2) is 4.79 Å². The molecule has 3 amide bonds. The van der Waals surface area contributed by atoms with Crippen LogP contribution in [0.15, 0.2) is 61.2 Å². The number of nitrogens with zero attached hydrogens (tertiary/aromatic N) is 1. The minimum Gasteiger partial charge on any atom is -0.444 e. The van der Waals surface area contributed by atoms with Crippen LogP contribution >= 0.6 is 0 Å². The normalized spacial score (nSPS) is 12.7. The number of carbonyl (C=O) groups is 3. The average Bonchev–Trinajstić information content (AvgIpc) is 2.88. The van der Waals surface area contributed by atoms with Gasteiger partial charge in [-0.2, -0.15) is 0 Å². The maximum Gasteiger partial charge on any atom is 0.408 e. The van der Waals surface area contributed by atoms with Crippen LogP contribution in [0.5, 0.6) is 0 Å². The summed E-state index contributed by atoms with van der Waals surface area (Å²) in [6.07, 6.45) is 4.19. The summed E-state index contributed by atoms with van der Waals surface area (Å²) in [5.74, 6) is -0.617. The Morgan fingerprint density at radius 2 is 1.74 bits per heavy atom. The Labute approximate surface area is 227 Å². The fourth-order valence-corrected chi connectivity index (χ4v) is 4.18. The summed E-state index contributed by atoms with van der Waals surface area (Å²) in [5.41, 5.74) is 1.69. The van der Waals surface area contributed by atoms with Crippen molar-refractivity contribution in [2.75, 3.05) is 13.1 Å². The average molecular weight is 522 g/mol. The SMILES string of the molecule is C=Cc1cccc(C(C(=O)NCCCCC)N(CC)C(=O)C(Cc2ccccc2)NC(=O)OC(C)(C)C)c1. The lowest BCUT2D eigenvalue weighted by Gasteiger charge is -2.34. The summed E-state index contributed by atoms with van der Waals surface area (Å²) in [4.78, 5) is 41.9. The first-order valence-electron chi connectivity index (χ1n) is 13.4. The predicted molar refractivity (Wildman–Crippen MR) is 152 cm³/mol. The molecule has 0 aliphatic heterocycles. The number of amides is 3. The van der Waals surface area contributed by atoms with E-state index in [-0.39, 0.29) is 24.8 Å². The second kappa shape index (κ2) is 15.0. The Balaban J connectivity index is 2.44. The van der Waals surface area contributed by atoms with Crippen LogP contribution in [0.2, 0.25) is 0 Å². The number of nitrogens with one attached hydrogen (secondary N) is 2. The lowest BCUT2D eigenvalue weighted by atomic mass is 9.99. The zero-order valence-corrected chi connectivity index (χ0v) is 23.5. The van der Waals surface area contributed by atoms with Gasteiger partial charge in [-0.1, -0.05) is 81.0 Å². The van der Waals surface area contributed by atoms with Gasteiger partial charge in [0, 0.05) is 19.5 Å². The predicted octanol–water partition coefficient (Wildman–Crippen LogP) is 5.66. The van der Waals surface area contributed by atoms with Crippen LogP contribution < -0.4 is 10.6 Å². The molecule has 2 rings (SSSR count). The van der Waals surface area contributed by atoms with Crippen molar-refractivity contribution in [2.45, 2.75) is 78.0 Å². The number of carbonyl (C=O) groups excluding carboxylic acids is 3. The fraction of sp³-hybridized carbons (Fsp3) is 0.452. The second-order valence-corrected chi connectivity index (χ2v) is 10.3. The molecule has 7 heteroatoms. The van der Waals surface area contributed by atoms with Crippen molar-refractivity contribution in [3.05, 3.63) is 77.9 Å². The van der Waals surface area contributed by atoms with Crippen LogP contribution in [-0.2, 0) is 20.7 Å². The lowest BCUT2D eigenvalue weighted by molar-refractivity contribution is -0.142. The van der Waals surface area contributed by atoms with E-state index in [4.69, 9.17) is 4.74 Å². The summed E-state index contributed by atoms with van der Waals surface area (Å²) in [6.45, 7) is 13.9. The van der Waals surface area contributed by atoms with Gasteiger partial charge in [0.05, 0.1) is 0 Å². The van der Waals surface area contributed by atoms with Crippen molar-refractivity contribution in [1.29, 1.82) is 0 Å². The molecule has 0 aromatic heterocycles. The van der Waals surface area contributed by atoms with E-state index < -0.39 is 23.8 Å². The summed E-state index contributed by atoms with van der Waals surface area (Å²) in [7, 11) is 0. The van der Waals surface area contributed by atoms with Gasteiger partial charge in [0.2, 0.25) is 11.8 Å². The van der Waals surface area contributed by atoms with Crippen LogP contribution in [-0.4, -0.2) is 47.5 Å². The van der Waals surface area contributed by atoms with Gasteiger partial charge in [0.1, 0.15) is 17.7 Å². The fourth-order valence-electron chi connectivity index (χ4n) is 4.18. The van der Waals surface area contributed by atoms with E-state index in [1.807, 2.05) is 61.5 Å². The number of unbranched alkanes of at least 4 members (excludes halogenated alkanes) is 2. The molecule has 38 heavy (non-hydrogen) atoms. The minimum absolute atomic E-state index is 0.256. The maximum atomic E-state index is 14.1. The van der Waals surface area contributed by atoms with Crippen molar-refractivity contribution in [3.8, 4) is 0 Å². The molecular formula is C31H43N3O4. The molecule has 0 aliphatic rings. The van der Waals surface area contributed by atoms with E-state index in [1.54, 1.807) is 26.8 Å². The van der Waals surface area contributed by atoms with Crippen LogP contribution in [0.3, 0.4) is 0 Å². The van der Waals surface area contributed by atoms with Crippen molar-refractivity contribution < 1.29 is 19.1 Å². The molecule has 2 aromatic carbocycles. The molecule has 0 saturated heterocycles. The van der Waals surface area contributed by atoms with Crippen molar-refractivity contribution >= 4 is 24.0 Å². The van der Waals surface area contributed by atoms with Gasteiger partial charge in [0.15, 0.2) is 0 Å². The zero-order valence-electron chi connectivity index (χ0n) is 23.5. The largest absolute Gasteiger partial charge is 0.444 e. The molecule has 0 radical (unpaired) electrons. The van der Waals surface area contributed by atoms with E-state index in [9.17, 15) is 14.4 Å². The Kier molecular flexibility index (Phi) is 12.1. The maximum absolute atomic E-state index is 14.1. The van der Waals surface area contributed by atoms with Gasteiger partial charge < -0.3 is 20.3 Å². The Morgan fingerprint density at radius 3 is 2.34 bits per heavy atom. The number of rotatable bonds is 13. The first kappa shape index (κ1) is 30.6. The summed E-state index contributed by atoms with van der Waals surface area (Å²) >= 11 is 0. The molecular weight excluding hydrogens is 478 g/mol. The summed E-state index contributed by atoms with van der Waals surface area (Å²) in [5, 5.41) is 5.78. The quantitative estimate of drug-likeness (QED) is 0.333. The third-order valence-electron chi connectivity index (χ3n) is 6.00. The van der Waals surface area contributed by atoms with Crippen molar-refractivity contribution in [2.24, 2.45) is 0 Å². The highest BCUT2D eigenvalue weighted by Crippen LogP contribution is 2.24. The van der Waals surface area contributed by atoms with Crippen LogP contribution in [0.25, 0.3) is 6.08 Å². The first-order valence-corrected chi connectivity index (χ1v) is 13.4. The molecule has 2 N–H and O–H groups in total. The molecule has 2 atom stereocenters.